The molecule has 0 aliphatic rings. The molecule has 0 aliphatic heterocycles. The van der Waals surface area contributed by atoms with Crippen molar-refractivity contribution in [2.75, 3.05) is 0 Å². The van der Waals surface area contributed by atoms with Crippen LogP contribution in [0.25, 0.3) is 0 Å². The minimum atomic E-state index is -5.00. The van der Waals surface area contributed by atoms with Gasteiger partial charge in [-0.25, -0.2) is 0 Å². The number of hydrogen-bond acceptors (Lipinski definition) is 2. The van der Waals surface area contributed by atoms with E-state index in [0.29, 0.717) is 0 Å². The molecule has 0 aliphatic carbocycles. The van der Waals surface area contributed by atoms with Gasteiger partial charge >= 0.3 is 57.6 Å². The van der Waals surface area contributed by atoms with E-state index in [1.54, 1.807) is 0 Å². The monoisotopic (exact) mass is 247 g/mol. The fraction of sp³-hybridized carbons (Fsp3) is 0.250. The van der Waals surface area contributed by atoms with Crippen LogP contribution in [0.5, 0.6) is 0 Å². The Balaban J connectivity index is 0.00000196. The summed E-state index contributed by atoms with van der Waals surface area (Å²) in [4.78, 5) is 3.43. The standard InChI is InChI=1S/C8H6F4NO.K/c9-6(7(14)8(10,11)12)5-2-1-3-13-4-5;/h1-4,7,14H;/q-1;+1. The number of rotatable bonds is 2. The molecule has 78 valence electrons. The minimum absolute atomic E-state index is 0. The predicted molar refractivity (Wildman–Crippen MR) is 39.8 cm³/mol. The van der Waals surface area contributed by atoms with E-state index < -0.39 is 18.5 Å². The van der Waals surface area contributed by atoms with Gasteiger partial charge in [-0.1, -0.05) is 6.20 Å². The van der Waals surface area contributed by atoms with Gasteiger partial charge in [0.1, 0.15) is 0 Å². The van der Waals surface area contributed by atoms with E-state index >= 15 is 0 Å². The molecule has 0 bridgehead atoms. The number of pyridine rings is 1. The summed E-state index contributed by atoms with van der Waals surface area (Å²) >= 11 is 0. The van der Waals surface area contributed by atoms with Gasteiger partial charge in [0.25, 0.3) is 0 Å². The molecule has 0 spiro atoms. The van der Waals surface area contributed by atoms with Crippen molar-refractivity contribution in [1.82, 2.24) is 4.98 Å². The number of halogens is 4. The molecule has 0 saturated heterocycles. The van der Waals surface area contributed by atoms with Crippen molar-refractivity contribution >= 4 is 0 Å². The van der Waals surface area contributed by atoms with Gasteiger partial charge in [-0.05, 0) is 6.20 Å². The summed E-state index contributed by atoms with van der Waals surface area (Å²) < 4.78 is 48.5. The van der Waals surface area contributed by atoms with E-state index in [2.05, 4.69) is 4.98 Å². The van der Waals surface area contributed by atoms with Crippen molar-refractivity contribution in [3.05, 3.63) is 36.3 Å². The Morgan fingerprint density at radius 2 is 2.00 bits per heavy atom. The second-order valence-electron chi connectivity index (χ2n) is 2.53. The molecule has 0 saturated carbocycles. The van der Waals surface area contributed by atoms with Gasteiger partial charge in [0.15, 0.2) is 6.10 Å². The quantitative estimate of drug-likeness (QED) is 0.407. The van der Waals surface area contributed by atoms with Crippen LogP contribution >= 0.6 is 0 Å². The van der Waals surface area contributed by atoms with Gasteiger partial charge < -0.3 is 10.1 Å². The van der Waals surface area contributed by atoms with Gasteiger partial charge in [0.2, 0.25) is 0 Å². The topological polar surface area (TPSA) is 33.1 Å². The van der Waals surface area contributed by atoms with Gasteiger partial charge in [0, 0.05) is 6.17 Å². The number of aliphatic hydroxyl groups is 1. The predicted octanol–water partition coefficient (Wildman–Crippen LogP) is -1.14. The van der Waals surface area contributed by atoms with Gasteiger partial charge in [-0.2, -0.15) is 19.2 Å². The molecular weight excluding hydrogens is 241 g/mol. The molecule has 0 radical (unpaired) electrons. The summed E-state index contributed by atoms with van der Waals surface area (Å²) in [6, 6.07) is 2.37. The smallest absolute Gasteiger partial charge is 0.389 e. The van der Waals surface area contributed by atoms with E-state index in [9.17, 15) is 17.6 Å². The van der Waals surface area contributed by atoms with E-state index in [-0.39, 0.29) is 56.9 Å². The molecule has 15 heavy (non-hydrogen) atoms. The number of nitrogens with zero attached hydrogens (tertiary/aromatic N) is 1. The summed E-state index contributed by atoms with van der Waals surface area (Å²) in [5.41, 5.74) is -0.377. The fourth-order valence-corrected chi connectivity index (χ4v) is 0.806. The van der Waals surface area contributed by atoms with E-state index in [1.807, 2.05) is 0 Å². The van der Waals surface area contributed by atoms with Crippen LogP contribution in [0.2, 0.25) is 0 Å². The van der Waals surface area contributed by atoms with E-state index in [4.69, 9.17) is 5.11 Å². The zero-order chi connectivity index (χ0) is 10.8. The van der Waals surface area contributed by atoms with Crippen molar-refractivity contribution in [2.45, 2.75) is 12.3 Å². The van der Waals surface area contributed by atoms with Crippen molar-refractivity contribution in [1.29, 1.82) is 0 Å². The summed E-state index contributed by atoms with van der Waals surface area (Å²) in [6.45, 7) is 0. The summed E-state index contributed by atoms with van der Waals surface area (Å²) in [7, 11) is 0. The first-order chi connectivity index (χ1) is 6.43. The molecule has 0 amide bonds. The summed E-state index contributed by atoms with van der Waals surface area (Å²) in [5, 5.41) is 8.54. The maximum absolute atomic E-state index is 12.9. The van der Waals surface area contributed by atoms with Crippen LogP contribution in [-0.4, -0.2) is 22.4 Å². The molecule has 1 rings (SSSR count). The van der Waals surface area contributed by atoms with Crippen LogP contribution in [-0.2, 0) is 0 Å². The third-order valence-corrected chi connectivity index (χ3v) is 1.49. The van der Waals surface area contributed by atoms with Gasteiger partial charge in [-0.15, -0.1) is 11.6 Å². The number of hydrogen-bond donors (Lipinski definition) is 1. The van der Waals surface area contributed by atoms with Crippen LogP contribution in [0, 0.1) is 6.17 Å². The van der Waals surface area contributed by atoms with Crippen LogP contribution in [0.3, 0.4) is 0 Å². The van der Waals surface area contributed by atoms with Crippen molar-refractivity contribution < 1.29 is 74.1 Å². The average molecular weight is 247 g/mol. The van der Waals surface area contributed by atoms with Crippen LogP contribution in [0.1, 0.15) is 5.56 Å². The Labute approximate surface area is 126 Å². The number of alkyl halides is 3. The average Bonchev–Trinajstić information content (AvgIpc) is 2.15. The molecule has 1 aromatic rings. The third-order valence-electron chi connectivity index (χ3n) is 1.49. The first-order valence-electron chi connectivity index (χ1n) is 3.60. The number of aromatic nitrogens is 1. The first kappa shape index (κ1) is 15.3. The van der Waals surface area contributed by atoms with Crippen LogP contribution in [0.4, 0.5) is 17.6 Å². The van der Waals surface area contributed by atoms with E-state index in [1.165, 1.54) is 12.3 Å². The molecule has 1 heterocycles. The third kappa shape index (κ3) is 4.37. The Morgan fingerprint density at radius 3 is 2.40 bits per heavy atom. The van der Waals surface area contributed by atoms with Crippen LogP contribution < -0.4 is 51.4 Å². The van der Waals surface area contributed by atoms with E-state index in [0.717, 1.165) is 12.3 Å². The number of aliphatic hydroxyl groups excluding tert-OH is 1. The minimum Gasteiger partial charge on any atom is -0.389 e. The SMILES string of the molecule is OC([C-](F)c1cccnc1)C(F)(F)F.[K+]. The molecule has 0 fully saturated rings. The Hall–Kier alpha value is 0.336. The molecule has 7 heteroatoms. The molecule has 1 unspecified atom stereocenters. The Bertz CT molecular complexity index is 292. The molecule has 1 atom stereocenters. The molecular formula is C8H6F4KNO. The van der Waals surface area contributed by atoms with Gasteiger partial charge in [0.05, 0.1) is 0 Å². The summed E-state index contributed by atoms with van der Waals surface area (Å²) in [6.07, 6.45) is -7.54. The second-order valence-corrected chi connectivity index (χ2v) is 2.53. The molecule has 1 N–H and O–H groups in total. The Morgan fingerprint density at radius 1 is 1.40 bits per heavy atom. The first-order valence-corrected chi connectivity index (χ1v) is 3.60. The van der Waals surface area contributed by atoms with Crippen molar-refractivity contribution in [3.8, 4) is 0 Å². The second kappa shape index (κ2) is 6.17. The fourth-order valence-electron chi connectivity index (χ4n) is 0.806. The molecule has 0 aromatic carbocycles. The normalized spacial score (nSPS) is 12.9. The van der Waals surface area contributed by atoms with Crippen molar-refractivity contribution in [2.24, 2.45) is 0 Å². The molecule has 1 aromatic heterocycles. The zero-order valence-corrected chi connectivity index (χ0v) is 10.9. The zero-order valence-electron chi connectivity index (χ0n) is 7.79. The van der Waals surface area contributed by atoms with Gasteiger partial charge in [-0.3, -0.25) is 4.39 Å². The summed E-state index contributed by atoms with van der Waals surface area (Å²) in [5.74, 6) is 0. The maximum atomic E-state index is 12.9. The van der Waals surface area contributed by atoms with Crippen LogP contribution in [0.15, 0.2) is 24.5 Å². The maximum Gasteiger partial charge on any atom is 1.00 e. The Kier molecular flexibility index (Phi) is 6.30. The largest absolute Gasteiger partial charge is 1.00 e. The van der Waals surface area contributed by atoms with Crippen molar-refractivity contribution in [3.63, 3.8) is 0 Å². The molecule has 2 nitrogen and oxygen atoms in total.